The van der Waals surface area contributed by atoms with Crippen LogP contribution in [0, 0.1) is 5.92 Å². The number of hydrogen-bond acceptors (Lipinski definition) is 8. The van der Waals surface area contributed by atoms with Crippen molar-refractivity contribution in [2.75, 3.05) is 5.32 Å². The lowest BCUT2D eigenvalue weighted by Gasteiger charge is -2.31. The van der Waals surface area contributed by atoms with Crippen molar-refractivity contribution in [2.24, 2.45) is 11.7 Å². The number of hydrogen-bond donors (Lipinski definition) is 4. The number of ether oxygens (including phenoxy) is 1. The number of carbonyl (C=O) groups is 3. The van der Waals surface area contributed by atoms with E-state index in [1.165, 1.54) is 0 Å². The molecule has 42 heavy (non-hydrogen) atoms. The quantitative estimate of drug-likeness (QED) is 0.254. The number of nitrogens with zero attached hydrogens (tertiary/aromatic N) is 2. The number of fused-ring (bicyclic) bond motifs is 5. The Kier molecular flexibility index (Phi) is 6.69. The van der Waals surface area contributed by atoms with E-state index in [9.17, 15) is 24.3 Å². The average molecular weight is 574 g/mol. The first kappa shape index (κ1) is 28.0. The molecule has 1 unspecified atom stereocenters. The van der Waals surface area contributed by atoms with Gasteiger partial charge in [-0.3, -0.25) is 14.4 Å². The highest BCUT2D eigenvalue weighted by Crippen LogP contribution is 2.43. The highest BCUT2D eigenvalue weighted by Gasteiger charge is 2.45. The van der Waals surface area contributed by atoms with E-state index < -0.39 is 23.7 Å². The SMILES string of the molecule is CC[C@@]1(O)C(=O)OCc2c1cc1n(c2=O)Cc2c-1nc1ccc(NC(=O)[C@H](C)NC(=O)C(N)C(C)C)c3c1c2CCC3. The van der Waals surface area contributed by atoms with E-state index in [2.05, 4.69) is 10.6 Å². The molecule has 0 saturated heterocycles. The van der Waals surface area contributed by atoms with Crippen molar-refractivity contribution in [3.05, 3.63) is 56.4 Å². The zero-order valence-electron chi connectivity index (χ0n) is 24.2. The van der Waals surface area contributed by atoms with Gasteiger partial charge in [0.25, 0.3) is 5.56 Å². The van der Waals surface area contributed by atoms with Crippen molar-refractivity contribution in [1.82, 2.24) is 14.9 Å². The second kappa shape index (κ2) is 10.0. The first-order chi connectivity index (χ1) is 20.0. The second-order valence-corrected chi connectivity index (χ2v) is 11.8. The lowest BCUT2D eigenvalue weighted by Crippen LogP contribution is -2.50. The Morgan fingerprint density at radius 3 is 2.57 bits per heavy atom. The summed E-state index contributed by atoms with van der Waals surface area (Å²) in [6.07, 6.45) is 2.45. The number of aliphatic hydroxyl groups is 1. The van der Waals surface area contributed by atoms with Crippen LogP contribution in [0.4, 0.5) is 5.69 Å². The molecule has 3 aromatic rings. The fraction of sp³-hybridized carbons (Fsp3) is 0.452. The molecule has 0 fully saturated rings. The molecule has 2 amide bonds. The number of cyclic esters (lactones) is 1. The van der Waals surface area contributed by atoms with Crippen LogP contribution in [-0.4, -0.2) is 44.5 Å². The molecule has 4 heterocycles. The number of amides is 2. The highest BCUT2D eigenvalue weighted by molar-refractivity contribution is 6.02. The van der Waals surface area contributed by atoms with E-state index in [0.717, 1.165) is 46.9 Å². The summed E-state index contributed by atoms with van der Waals surface area (Å²) in [6, 6.07) is 3.90. The van der Waals surface area contributed by atoms with Crippen molar-refractivity contribution in [3.8, 4) is 11.4 Å². The fourth-order valence-electron chi connectivity index (χ4n) is 6.35. The van der Waals surface area contributed by atoms with Crippen molar-refractivity contribution in [3.63, 3.8) is 0 Å². The molecule has 11 nitrogen and oxygen atoms in total. The predicted octanol–water partition coefficient (Wildman–Crippen LogP) is 1.99. The maximum Gasteiger partial charge on any atom is 0.343 e. The maximum atomic E-state index is 13.6. The Bertz CT molecular complexity index is 1740. The number of nitrogens with two attached hydrogens (primary N) is 1. The Morgan fingerprint density at radius 1 is 1.12 bits per heavy atom. The van der Waals surface area contributed by atoms with Gasteiger partial charge in [0.15, 0.2) is 5.60 Å². The lowest BCUT2D eigenvalue weighted by molar-refractivity contribution is -0.172. The first-order valence-corrected chi connectivity index (χ1v) is 14.5. The van der Waals surface area contributed by atoms with Crippen LogP contribution in [0.5, 0.6) is 0 Å². The second-order valence-electron chi connectivity index (χ2n) is 11.8. The third kappa shape index (κ3) is 4.13. The van der Waals surface area contributed by atoms with E-state index >= 15 is 0 Å². The third-order valence-corrected chi connectivity index (χ3v) is 8.96. The molecule has 0 bridgehead atoms. The zero-order chi connectivity index (χ0) is 30.1. The molecule has 220 valence electrons. The minimum Gasteiger partial charge on any atom is -0.458 e. The fourth-order valence-corrected chi connectivity index (χ4v) is 6.35. The number of carbonyl (C=O) groups excluding carboxylic acids is 3. The lowest BCUT2D eigenvalue weighted by atomic mass is 9.85. The largest absolute Gasteiger partial charge is 0.458 e. The molecule has 11 heteroatoms. The number of benzene rings is 1. The molecule has 5 N–H and O–H groups in total. The van der Waals surface area contributed by atoms with Gasteiger partial charge in [0.05, 0.1) is 35.1 Å². The molecule has 6 rings (SSSR count). The van der Waals surface area contributed by atoms with Gasteiger partial charge >= 0.3 is 5.97 Å². The van der Waals surface area contributed by atoms with E-state index in [0.29, 0.717) is 23.6 Å². The molecule has 2 aromatic heterocycles. The monoisotopic (exact) mass is 573 g/mol. The van der Waals surface area contributed by atoms with Crippen LogP contribution in [0.3, 0.4) is 0 Å². The van der Waals surface area contributed by atoms with E-state index in [1.54, 1.807) is 24.5 Å². The van der Waals surface area contributed by atoms with Gasteiger partial charge in [0.1, 0.15) is 12.6 Å². The molecule has 3 aliphatic rings. The highest BCUT2D eigenvalue weighted by atomic mass is 16.6. The molecule has 2 aliphatic heterocycles. The molecular weight excluding hydrogens is 538 g/mol. The number of esters is 1. The van der Waals surface area contributed by atoms with Crippen LogP contribution < -0.4 is 21.9 Å². The molecular formula is C31H35N5O6. The summed E-state index contributed by atoms with van der Waals surface area (Å²) in [5, 5.41) is 17.8. The van der Waals surface area contributed by atoms with Gasteiger partial charge in [0, 0.05) is 22.2 Å². The predicted molar refractivity (Wildman–Crippen MR) is 156 cm³/mol. The summed E-state index contributed by atoms with van der Waals surface area (Å²) < 4.78 is 6.83. The van der Waals surface area contributed by atoms with E-state index in [4.69, 9.17) is 15.5 Å². The first-order valence-electron chi connectivity index (χ1n) is 14.5. The summed E-state index contributed by atoms with van der Waals surface area (Å²) in [5.74, 6) is -1.53. The van der Waals surface area contributed by atoms with Gasteiger partial charge in [-0.1, -0.05) is 20.8 Å². The van der Waals surface area contributed by atoms with Crippen LogP contribution in [0.1, 0.15) is 68.4 Å². The minimum absolute atomic E-state index is 0.0565. The van der Waals surface area contributed by atoms with Crippen LogP contribution in [0.25, 0.3) is 22.3 Å². The molecule has 1 aromatic carbocycles. The number of aryl methyl sites for hydroxylation is 2. The number of rotatable bonds is 6. The van der Waals surface area contributed by atoms with Gasteiger partial charge < -0.3 is 30.8 Å². The van der Waals surface area contributed by atoms with Crippen molar-refractivity contribution in [2.45, 2.75) is 84.2 Å². The van der Waals surface area contributed by atoms with Crippen LogP contribution in [0.15, 0.2) is 23.0 Å². The molecule has 3 atom stereocenters. The van der Waals surface area contributed by atoms with Gasteiger partial charge in [-0.05, 0) is 67.9 Å². The summed E-state index contributed by atoms with van der Waals surface area (Å²) in [5.41, 5.74) is 9.95. The molecule has 0 radical (unpaired) electrons. The van der Waals surface area contributed by atoms with Gasteiger partial charge in [0.2, 0.25) is 11.8 Å². The molecule has 0 saturated carbocycles. The summed E-state index contributed by atoms with van der Waals surface area (Å²) >= 11 is 0. The van der Waals surface area contributed by atoms with Crippen molar-refractivity contribution >= 4 is 34.4 Å². The number of pyridine rings is 2. The van der Waals surface area contributed by atoms with E-state index in [1.807, 2.05) is 26.0 Å². The van der Waals surface area contributed by atoms with Crippen LogP contribution in [0.2, 0.25) is 0 Å². The average Bonchev–Trinajstić information content (AvgIpc) is 3.35. The van der Waals surface area contributed by atoms with Crippen molar-refractivity contribution < 1.29 is 24.2 Å². The van der Waals surface area contributed by atoms with Gasteiger partial charge in [-0.15, -0.1) is 0 Å². The van der Waals surface area contributed by atoms with Gasteiger partial charge in [-0.25, -0.2) is 9.78 Å². The third-order valence-electron chi connectivity index (χ3n) is 8.96. The topological polar surface area (TPSA) is 166 Å². The minimum atomic E-state index is -1.88. The number of anilines is 1. The van der Waals surface area contributed by atoms with Gasteiger partial charge in [-0.2, -0.15) is 0 Å². The summed E-state index contributed by atoms with van der Waals surface area (Å²) in [4.78, 5) is 56.5. The normalized spacial score (nSPS) is 19.9. The Hall–Kier alpha value is -4.09. The Morgan fingerprint density at radius 2 is 1.86 bits per heavy atom. The van der Waals surface area contributed by atoms with Crippen LogP contribution >= 0.6 is 0 Å². The maximum absolute atomic E-state index is 13.6. The molecule has 1 aliphatic carbocycles. The standard InChI is InChI=1S/C31H35N5O6/c1-5-31(41)20-11-23-26-18(12-36(23)29(39)19(20)13-42-30(31)40)16-7-6-8-17-21(9-10-22(34-26)24(16)17)35-27(37)15(4)33-28(38)25(32)14(2)3/h9-11,14-15,25,41H,5-8,12-13,32H2,1-4H3,(H,33,38)(H,35,37)/t15-,25?,31-/m0/s1. The van der Waals surface area contributed by atoms with Crippen molar-refractivity contribution in [1.29, 1.82) is 0 Å². The van der Waals surface area contributed by atoms with Crippen LogP contribution in [-0.2, 0) is 50.7 Å². The number of nitrogens with one attached hydrogen (secondary N) is 2. The summed E-state index contributed by atoms with van der Waals surface area (Å²) in [6.45, 7) is 7.14. The number of aromatic nitrogens is 2. The van der Waals surface area contributed by atoms with E-state index in [-0.39, 0.29) is 47.4 Å². The Balaban J connectivity index is 1.39. The Labute approximate surface area is 242 Å². The summed E-state index contributed by atoms with van der Waals surface area (Å²) in [7, 11) is 0. The zero-order valence-corrected chi connectivity index (χ0v) is 24.2. The smallest absolute Gasteiger partial charge is 0.343 e. The molecule has 0 spiro atoms.